The molecule has 0 aliphatic heterocycles. The zero-order chi connectivity index (χ0) is 32.8. The van der Waals surface area contributed by atoms with Crippen LogP contribution in [0.1, 0.15) is 27.8 Å². The summed E-state index contributed by atoms with van der Waals surface area (Å²) in [6, 6.07) is 25.4. The molecule has 0 fully saturated rings. The Hall–Kier alpha value is -3.30. The summed E-state index contributed by atoms with van der Waals surface area (Å²) >= 11 is 1.16. The van der Waals surface area contributed by atoms with E-state index in [2.05, 4.69) is 9.97 Å². The minimum absolute atomic E-state index is 0. The Morgan fingerprint density at radius 1 is 0.809 bits per heavy atom. The maximum Gasteiger partial charge on any atom is 0.414 e. The molecule has 6 rings (SSSR count). The van der Waals surface area contributed by atoms with E-state index in [1.165, 1.54) is 6.07 Å². The van der Waals surface area contributed by atoms with Crippen molar-refractivity contribution >= 4 is 39.1 Å². The van der Waals surface area contributed by atoms with Gasteiger partial charge in [-0.1, -0.05) is 42.5 Å². The number of nitrogens with zero attached hydrogens (tertiary/aromatic N) is 2. The second-order valence-electron chi connectivity index (χ2n) is 10.1. The number of aliphatic hydroxyl groups excluding tert-OH is 3. The van der Waals surface area contributed by atoms with Crippen LogP contribution in [0, 0.1) is 49.4 Å². The van der Waals surface area contributed by atoms with Crippen molar-refractivity contribution in [2.45, 2.75) is 24.8 Å². The van der Waals surface area contributed by atoms with Crippen LogP contribution in [-0.2, 0) is 0 Å². The SMILES string of the molecule is O=C(O)c1ccc(-c2ccnc3c2ccc2c(-c4ccc(OCO)cc4)ccnc23)cc1.OC(CC(O)C(F)(F)F)c1cccs1.[Eu]. The van der Waals surface area contributed by atoms with Gasteiger partial charge in [0.2, 0.25) is 0 Å². The molecule has 3 aromatic heterocycles. The van der Waals surface area contributed by atoms with Crippen LogP contribution in [0.25, 0.3) is 44.1 Å². The van der Waals surface area contributed by atoms with Crippen LogP contribution in [0.4, 0.5) is 13.2 Å². The Balaban J connectivity index is 0.000000282. The molecule has 0 aliphatic carbocycles. The Kier molecular flexibility index (Phi) is 12.6. The Morgan fingerprint density at radius 2 is 1.34 bits per heavy atom. The summed E-state index contributed by atoms with van der Waals surface area (Å²) in [5.74, 6) is -0.352. The normalized spacial score (nSPS) is 12.5. The first-order chi connectivity index (χ1) is 22.1. The first-order valence-electron chi connectivity index (χ1n) is 13.9. The van der Waals surface area contributed by atoms with Crippen LogP contribution in [0.3, 0.4) is 0 Å². The van der Waals surface area contributed by atoms with Gasteiger partial charge in [0, 0.05) is 83.8 Å². The van der Waals surface area contributed by atoms with E-state index in [4.69, 9.17) is 20.1 Å². The summed E-state index contributed by atoms with van der Waals surface area (Å²) in [7, 11) is 0. The van der Waals surface area contributed by atoms with Crippen LogP contribution >= 0.6 is 11.3 Å². The first kappa shape index (κ1) is 36.5. The predicted octanol–water partition coefficient (Wildman–Crippen LogP) is 7.24. The third-order valence-corrected chi connectivity index (χ3v) is 8.13. The van der Waals surface area contributed by atoms with Crippen molar-refractivity contribution in [3.63, 3.8) is 0 Å². The summed E-state index contributed by atoms with van der Waals surface area (Å²) < 4.78 is 40.8. The summed E-state index contributed by atoms with van der Waals surface area (Å²) in [5.41, 5.74) is 5.72. The van der Waals surface area contributed by atoms with Gasteiger partial charge in [0.1, 0.15) is 5.75 Å². The number of aliphatic hydroxyl groups is 3. The van der Waals surface area contributed by atoms with Gasteiger partial charge in [0.15, 0.2) is 12.9 Å². The van der Waals surface area contributed by atoms with Crippen molar-refractivity contribution in [1.82, 2.24) is 9.97 Å². The maximum atomic E-state index is 11.9. The summed E-state index contributed by atoms with van der Waals surface area (Å²) in [4.78, 5) is 20.8. The second kappa shape index (κ2) is 16.2. The van der Waals surface area contributed by atoms with Gasteiger partial charge in [0.25, 0.3) is 0 Å². The van der Waals surface area contributed by atoms with Gasteiger partial charge in [-0.15, -0.1) is 11.3 Å². The molecule has 0 saturated heterocycles. The number of fused-ring (bicyclic) bond motifs is 3. The number of alkyl halides is 3. The topological polar surface area (TPSA) is 133 Å². The van der Waals surface area contributed by atoms with Gasteiger partial charge in [-0.25, -0.2) is 4.79 Å². The fourth-order valence-electron chi connectivity index (χ4n) is 4.87. The molecule has 0 amide bonds. The largest absolute Gasteiger partial charge is 0.478 e. The Morgan fingerprint density at radius 3 is 1.79 bits per heavy atom. The van der Waals surface area contributed by atoms with E-state index in [-0.39, 0.29) is 61.7 Å². The number of thiophene rings is 1. The van der Waals surface area contributed by atoms with E-state index in [0.717, 1.165) is 55.4 Å². The Bertz CT molecular complexity index is 1940. The van der Waals surface area contributed by atoms with Crippen LogP contribution < -0.4 is 4.74 Å². The van der Waals surface area contributed by atoms with Gasteiger partial charge in [0.05, 0.1) is 22.7 Å². The number of pyridine rings is 2. The van der Waals surface area contributed by atoms with E-state index in [9.17, 15) is 23.1 Å². The summed E-state index contributed by atoms with van der Waals surface area (Å²) in [6.07, 6.45) is -5.60. The molecule has 0 saturated carbocycles. The fraction of sp³-hybridized carbons (Fsp3) is 0.147. The molecule has 0 spiro atoms. The minimum Gasteiger partial charge on any atom is -0.478 e. The number of aromatic nitrogens is 2. The average molecular weight is 801 g/mol. The molecule has 3 aromatic carbocycles. The van der Waals surface area contributed by atoms with Crippen molar-refractivity contribution < 1.29 is 92.5 Å². The monoisotopic (exact) mass is 801 g/mol. The molecule has 2 unspecified atom stereocenters. The molecule has 2 atom stereocenters. The third kappa shape index (κ3) is 8.79. The molecule has 47 heavy (non-hydrogen) atoms. The van der Waals surface area contributed by atoms with Crippen LogP contribution in [0.2, 0.25) is 0 Å². The molecule has 3 heterocycles. The predicted molar refractivity (Wildman–Crippen MR) is 169 cm³/mol. The standard InChI is InChI=1S/C26H18N2O4.C8H9F3O2S.Eu/c29-15-32-19-7-5-17(6-8-19)21-12-14-28-25-23(21)10-9-22-20(11-13-27-24(22)25)16-1-3-18(4-2-16)26(30)31;9-8(10,11)7(13)4-5(12)6-2-1-3-14-6;/h1-14,29H,15H2,(H,30,31);1-3,5,7,12-13H,4H2;. The van der Waals surface area contributed by atoms with Crippen LogP contribution in [-0.4, -0.2) is 55.4 Å². The molecular weight excluding hydrogens is 773 g/mol. The third-order valence-electron chi connectivity index (χ3n) is 7.16. The number of rotatable bonds is 8. The molecule has 243 valence electrons. The number of ether oxygens (including phenoxy) is 1. The maximum absolute atomic E-state index is 11.9. The molecule has 4 N–H and O–H groups in total. The minimum atomic E-state index is -4.67. The number of carboxylic acid groups (broad SMARTS) is 1. The molecule has 8 nitrogen and oxygen atoms in total. The van der Waals surface area contributed by atoms with Crippen molar-refractivity contribution in [2.75, 3.05) is 6.79 Å². The van der Waals surface area contributed by atoms with Gasteiger partial charge in [-0.05, 0) is 70.1 Å². The zero-order valence-electron chi connectivity index (χ0n) is 24.3. The first-order valence-corrected chi connectivity index (χ1v) is 14.7. The molecule has 13 heteroatoms. The zero-order valence-corrected chi connectivity index (χ0v) is 27.5. The number of carboxylic acids is 1. The van der Waals surface area contributed by atoms with Gasteiger partial charge in [-0.3, -0.25) is 9.97 Å². The van der Waals surface area contributed by atoms with Gasteiger partial charge >= 0.3 is 12.1 Å². The van der Waals surface area contributed by atoms with Crippen molar-refractivity contribution in [3.8, 4) is 28.0 Å². The Labute approximate surface area is 311 Å². The number of halogens is 3. The van der Waals surface area contributed by atoms with Gasteiger partial charge in [-0.2, -0.15) is 13.2 Å². The van der Waals surface area contributed by atoms with E-state index < -0.39 is 30.8 Å². The fourth-order valence-corrected chi connectivity index (χ4v) is 5.60. The van der Waals surface area contributed by atoms with Crippen LogP contribution in [0.5, 0.6) is 5.75 Å². The van der Waals surface area contributed by atoms with E-state index >= 15 is 0 Å². The number of benzene rings is 3. The molecule has 1 radical (unpaired) electrons. The van der Waals surface area contributed by atoms with Crippen molar-refractivity contribution in [3.05, 3.63) is 113 Å². The molecular formula is C34H27EuF3N2O6S. The van der Waals surface area contributed by atoms with Crippen LogP contribution in [0.15, 0.2) is 103 Å². The van der Waals surface area contributed by atoms with Gasteiger partial charge < -0.3 is 25.2 Å². The summed E-state index contributed by atoms with van der Waals surface area (Å²) in [5, 5.41) is 39.6. The van der Waals surface area contributed by atoms with Crippen molar-refractivity contribution in [1.29, 1.82) is 0 Å². The molecule has 6 aromatic rings. The van der Waals surface area contributed by atoms with E-state index in [1.807, 2.05) is 60.7 Å². The number of hydrogen-bond acceptors (Lipinski definition) is 8. The van der Waals surface area contributed by atoms with Crippen molar-refractivity contribution in [2.24, 2.45) is 0 Å². The average Bonchev–Trinajstić information content (AvgIpc) is 3.60. The second-order valence-corrected chi connectivity index (χ2v) is 11.1. The quantitative estimate of drug-likeness (QED) is 0.0937. The number of hydrogen-bond donors (Lipinski definition) is 4. The smallest absolute Gasteiger partial charge is 0.414 e. The summed E-state index contributed by atoms with van der Waals surface area (Å²) in [6.45, 7) is -0.365. The molecule has 0 bridgehead atoms. The molecule has 0 aliphatic rings. The van der Waals surface area contributed by atoms with E-state index in [1.54, 1.807) is 36.0 Å². The van der Waals surface area contributed by atoms with E-state index in [0.29, 0.717) is 10.6 Å². The number of aromatic carboxylic acids is 1. The number of carbonyl (C=O) groups is 1.